The van der Waals surface area contributed by atoms with Crippen LogP contribution in [0.3, 0.4) is 0 Å². The molecule has 0 aliphatic heterocycles. The molecule has 1 aromatic carbocycles. The predicted octanol–water partition coefficient (Wildman–Crippen LogP) is 7.78. The summed E-state index contributed by atoms with van der Waals surface area (Å²) in [6.45, 7) is 15.6. The molecule has 19 heteroatoms. The first-order valence-corrected chi connectivity index (χ1v) is 25.6. The van der Waals surface area contributed by atoms with Crippen molar-refractivity contribution in [2.45, 2.75) is 141 Å². The average Bonchev–Trinajstić information content (AvgIpc) is 3.28. The van der Waals surface area contributed by atoms with Crippen LogP contribution in [0.2, 0.25) is 5.02 Å². The van der Waals surface area contributed by atoms with Crippen molar-refractivity contribution in [1.29, 1.82) is 0 Å². The molecule has 0 spiro atoms. The van der Waals surface area contributed by atoms with Crippen LogP contribution in [0.15, 0.2) is 47.6 Å². The number of hydrogen-bond acceptors (Lipinski definition) is 10. The molecule has 0 saturated carbocycles. The number of esters is 1. The molecule has 0 saturated heterocycles. The van der Waals surface area contributed by atoms with Crippen molar-refractivity contribution < 1.29 is 43.3 Å². The molecule has 0 bridgehead atoms. The molecule has 0 aliphatic rings. The highest BCUT2D eigenvalue weighted by molar-refractivity contribution is 7.98. The molecule has 67 heavy (non-hydrogen) atoms. The highest BCUT2D eigenvalue weighted by Crippen LogP contribution is 2.27. The van der Waals surface area contributed by atoms with Gasteiger partial charge in [0.15, 0.2) is 0 Å². The van der Waals surface area contributed by atoms with Gasteiger partial charge in [0.25, 0.3) is 0 Å². The molecule has 0 radical (unpaired) electrons. The fourth-order valence-electron chi connectivity index (χ4n) is 7.19. The lowest BCUT2D eigenvalue weighted by Crippen LogP contribution is -2.58. The van der Waals surface area contributed by atoms with E-state index in [0.29, 0.717) is 47.8 Å². The Kier molecular flexibility index (Phi) is 28.2. The molecule has 14 nitrogen and oxygen atoms in total. The van der Waals surface area contributed by atoms with Crippen LogP contribution in [0.5, 0.6) is 0 Å². The number of allylic oxidation sites excluding steroid dienone is 1. The topological polar surface area (TPSA) is 175 Å². The van der Waals surface area contributed by atoms with Gasteiger partial charge in [-0.25, -0.2) is 4.79 Å². The third kappa shape index (κ3) is 21.2. The van der Waals surface area contributed by atoms with Crippen molar-refractivity contribution >= 4 is 93.7 Å². The number of ether oxygens (including phenoxy) is 2. The Morgan fingerprint density at radius 2 is 1.52 bits per heavy atom. The number of nitrogens with one attached hydrogen (secondary N) is 2. The lowest BCUT2D eigenvalue weighted by atomic mass is 9.90. The highest BCUT2D eigenvalue weighted by Gasteiger charge is 2.37. The van der Waals surface area contributed by atoms with Gasteiger partial charge in [0, 0.05) is 44.1 Å². The standard InChI is InChI=1S/C48H75Cl4N5O9S/c1-14-17-36(53-43(60)37(24-29(4)5)56(11)44(61)32(8)18-23-39(66-28-67-13)33(9)42(59)31(7)16-3)45(62)57(12)38(25-34-19-21-35(49)22-20-34)46(63)55(10)26-40(58)54-41(30(6)15-2)47(64)65-27-48(50,51)52/h16,18-22,29-30,33,36-39,41-42,59H,14-15,17,23-28H2,1-13H3,(H,53,60)(H,54,58)/b31-16+,32-18+/t30-,33+,36+,37-,38-,39+,41+,42-/m1/s1. The van der Waals surface area contributed by atoms with Crippen molar-refractivity contribution in [1.82, 2.24) is 25.3 Å². The van der Waals surface area contributed by atoms with Gasteiger partial charge in [0.1, 0.15) is 30.8 Å². The van der Waals surface area contributed by atoms with E-state index in [1.54, 1.807) is 51.2 Å². The second-order valence-electron chi connectivity index (χ2n) is 17.6. The fourth-order valence-corrected chi connectivity index (χ4v) is 7.79. The van der Waals surface area contributed by atoms with Gasteiger partial charge in [-0.3, -0.25) is 24.0 Å². The molecule has 3 N–H and O–H groups in total. The van der Waals surface area contributed by atoms with Crippen molar-refractivity contribution in [3.05, 3.63) is 58.1 Å². The second-order valence-corrected chi connectivity index (χ2v) is 21.4. The molecular formula is C48H75Cl4N5O9S. The summed E-state index contributed by atoms with van der Waals surface area (Å²) in [4.78, 5) is 87.4. The normalized spacial score (nSPS) is 15.9. The summed E-state index contributed by atoms with van der Waals surface area (Å²) in [6.07, 6.45) is 6.32. The Morgan fingerprint density at radius 1 is 0.910 bits per heavy atom. The maximum Gasteiger partial charge on any atom is 0.329 e. The summed E-state index contributed by atoms with van der Waals surface area (Å²) in [5.74, 6) is -3.77. The first-order valence-electron chi connectivity index (χ1n) is 22.7. The number of rotatable bonds is 28. The van der Waals surface area contributed by atoms with E-state index in [0.717, 1.165) is 10.5 Å². The van der Waals surface area contributed by atoms with Crippen LogP contribution < -0.4 is 10.6 Å². The Bertz CT molecular complexity index is 1830. The zero-order valence-corrected chi connectivity index (χ0v) is 45.3. The summed E-state index contributed by atoms with van der Waals surface area (Å²) in [7, 11) is 4.43. The average molecular weight is 1040 g/mol. The molecule has 380 valence electrons. The number of alkyl halides is 3. The minimum Gasteiger partial charge on any atom is -0.460 e. The fraction of sp³-hybridized carbons (Fsp3) is 0.667. The van der Waals surface area contributed by atoms with Crippen LogP contribution in [0.25, 0.3) is 0 Å². The number of hydrogen-bond donors (Lipinski definition) is 3. The van der Waals surface area contributed by atoms with Crippen molar-refractivity contribution in [3.8, 4) is 0 Å². The monoisotopic (exact) mass is 1040 g/mol. The maximum atomic E-state index is 14.5. The Labute approximate surface area is 423 Å². The number of aliphatic hydroxyl groups excluding tert-OH is 1. The quantitative estimate of drug-likeness (QED) is 0.0247. The van der Waals surface area contributed by atoms with Crippen LogP contribution in [-0.4, -0.2) is 142 Å². The number of thioether (sulfide) groups is 1. The van der Waals surface area contributed by atoms with Crippen molar-refractivity contribution in [2.24, 2.45) is 17.8 Å². The number of aliphatic hydroxyl groups is 1. The first kappa shape index (κ1) is 62.0. The minimum atomic E-state index is -1.86. The van der Waals surface area contributed by atoms with Crippen LogP contribution in [-0.2, 0) is 44.7 Å². The number of likely N-dealkylation sites (N-methyl/N-ethyl adjacent to an activating group) is 3. The third-order valence-corrected chi connectivity index (χ3v) is 12.7. The predicted molar refractivity (Wildman–Crippen MR) is 271 cm³/mol. The molecule has 1 aromatic rings. The second kappa shape index (κ2) is 30.5. The van der Waals surface area contributed by atoms with E-state index in [2.05, 4.69) is 10.6 Å². The van der Waals surface area contributed by atoms with E-state index in [4.69, 9.17) is 55.9 Å². The van der Waals surface area contributed by atoms with Crippen molar-refractivity contribution in [3.63, 3.8) is 0 Å². The van der Waals surface area contributed by atoms with Gasteiger partial charge < -0.3 is 39.9 Å². The number of carbonyl (C=O) groups excluding carboxylic acids is 6. The summed E-state index contributed by atoms with van der Waals surface area (Å²) in [5.41, 5.74) is 1.88. The van der Waals surface area contributed by atoms with E-state index in [9.17, 15) is 33.9 Å². The van der Waals surface area contributed by atoms with Gasteiger partial charge in [-0.1, -0.05) is 125 Å². The maximum absolute atomic E-state index is 14.5. The largest absolute Gasteiger partial charge is 0.460 e. The SMILES string of the molecule is C/C=C(\C)[C@@H](O)[C@@H](C)[C@H](C/C=C(\C)C(=O)N(C)[C@H](CC(C)C)C(=O)N[C@@H](CCC)C(=O)N(C)[C@H](Cc1ccc(Cl)cc1)C(=O)N(C)CC(=O)N[C@H](C(=O)OCC(Cl)(Cl)Cl)[C@H](C)CC)OCSC. The van der Waals surface area contributed by atoms with Gasteiger partial charge in [-0.15, -0.1) is 11.8 Å². The minimum absolute atomic E-state index is 0.0126. The van der Waals surface area contributed by atoms with Crippen LogP contribution in [0, 0.1) is 17.8 Å². The van der Waals surface area contributed by atoms with Gasteiger partial charge in [0.05, 0.1) is 24.7 Å². The smallest absolute Gasteiger partial charge is 0.329 e. The van der Waals surface area contributed by atoms with E-state index in [1.165, 1.54) is 35.7 Å². The van der Waals surface area contributed by atoms with Crippen LogP contribution in [0.1, 0.15) is 100.0 Å². The lowest BCUT2D eigenvalue weighted by Gasteiger charge is -2.35. The van der Waals surface area contributed by atoms with Gasteiger partial charge in [-0.2, -0.15) is 0 Å². The lowest BCUT2D eigenvalue weighted by molar-refractivity contribution is -0.150. The van der Waals surface area contributed by atoms with Gasteiger partial charge >= 0.3 is 5.97 Å². The molecule has 1 rings (SSSR count). The summed E-state index contributed by atoms with van der Waals surface area (Å²) < 4.78 is 9.38. The number of nitrogens with zero attached hydrogens (tertiary/aromatic N) is 3. The molecular weight excluding hydrogens is 964 g/mol. The molecule has 0 aromatic heterocycles. The van der Waals surface area contributed by atoms with Crippen LogP contribution >= 0.6 is 58.2 Å². The Morgan fingerprint density at radius 3 is 2.04 bits per heavy atom. The number of halogens is 4. The molecule has 0 heterocycles. The summed E-state index contributed by atoms with van der Waals surface area (Å²) in [6, 6.07) is 2.48. The van der Waals surface area contributed by atoms with Crippen LogP contribution in [0.4, 0.5) is 0 Å². The summed E-state index contributed by atoms with van der Waals surface area (Å²) in [5, 5.41) is 17.0. The highest BCUT2D eigenvalue weighted by atomic mass is 35.6. The first-order chi connectivity index (χ1) is 31.2. The van der Waals surface area contributed by atoms with Gasteiger partial charge in [-0.05, 0) is 81.4 Å². The Hall–Kier alpha value is -3.05. The zero-order valence-electron chi connectivity index (χ0n) is 41.5. The molecule has 0 aliphatic carbocycles. The third-order valence-electron chi connectivity index (χ3n) is 11.7. The molecule has 0 unspecified atom stereocenters. The van der Waals surface area contributed by atoms with E-state index in [-0.39, 0.29) is 42.6 Å². The molecule has 5 amide bonds. The van der Waals surface area contributed by atoms with E-state index >= 15 is 0 Å². The zero-order chi connectivity index (χ0) is 51.3. The van der Waals surface area contributed by atoms with Crippen molar-refractivity contribution in [2.75, 3.05) is 46.5 Å². The Balaban J connectivity index is 3.47. The summed E-state index contributed by atoms with van der Waals surface area (Å²) >= 11 is 25.0. The van der Waals surface area contributed by atoms with E-state index < -0.39 is 76.8 Å². The number of benzene rings is 1. The molecule has 8 atom stereocenters. The molecule has 0 fully saturated rings. The number of carbonyl (C=O) groups is 6. The van der Waals surface area contributed by atoms with Gasteiger partial charge in [0.2, 0.25) is 33.3 Å². The number of amides is 5. The van der Waals surface area contributed by atoms with E-state index in [1.807, 2.05) is 60.8 Å².